The van der Waals surface area contributed by atoms with Crippen molar-refractivity contribution >= 4 is 17.8 Å². The van der Waals surface area contributed by atoms with Gasteiger partial charge >= 0.3 is 11.8 Å². The Labute approximate surface area is 125 Å². The molecule has 8 heteroatoms. The molecule has 0 spiro atoms. The molecule has 0 aliphatic carbocycles. The molecule has 0 saturated heterocycles. The smallest absolute Gasteiger partial charge is 0.414 e. The van der Waals surface area contributed by atoms with Crippen molar-refractivity contribution in [2.75, 3.05) is 19.7 Å². The zero-order valence-corrected chi connectivity index (χ0v) is 12.0. The number of hydrogen-bond acceptors (Lipinski definition) is 6. The first kappa shape index (κ1) is 13.9. The average molecular weight is 306 g/mol. The molecule has 0 amide bonds. The van der Waals surface area contributed by atoms with E-state index in [2.05, 4.69) is 21.4 Å². The Morgan fingerprint density at radius 2 is 2.05 bits per heavy atom. The highest BCUT2D eigenvalue weighted by atomic mass is 32.2. The first-order valence-corrected chi connectivity index (χ1v) is 7.32. The van der Waals surface area contributed by atoms with E-state index < -0.39 is 4.92 Å². The number of nitro groups is 1. The number of benzene rings is 1. The lowest BCUT2D eigenvalue weighted by molar-refractivity contribution is -0.389. The Hall–Kier alpha value is -2.06. The van der Waals surface area contributed by atoms with E-state index in [4.69, 9.17) is 4.74 Å². The van der Waals surface area contributed by atoms with Gasteiger partial charge in [0.05, 0.1) is 0 Å². The van der Waals surface area contributed by atoms with Crippen molar-refractivity contribution in [3.05, 3.63) is 46.6 Å². The van der Waals surface area contributed by atoms with Gasteiger partial charge in [-0.2, -0.15) is 0 Å². The van der Waals surface area contributed by atoms with Crippen LogP contribution in [0.3, 0.4) is 0 Å². The van der Waals surface area contributed by atoms with Crippen molar-refractivity contribution in [3.63, 3.8) is 0 Å². The topological polar surface area (TPSA) is 73.4 Å². The highest BCUT2D eigenvalue weighted by Crippen LogP contribution is 2.24. The summed E-state index contributed by atoms with van der Waals surface area (Å²) in [5.41, 5.74) is 0. The quantitative estimate of drug-likeness (QED) is 0.492. The second kappa shape index (κ2) is 6.15. The maximum absolute atomic E-state index is 10.8. The molecule has 0 bridgehead atoms. The van der Waals surface area contributed by atoms with Gasteiger partial charge in [0.1, 0.15) is 12.8 Å². The van der Waals surface area contributed by atoms with Crippen molar-refractivity contribution in [2.45, 2.75) is 11.4 Å². The van der Waals surface area contributed by atoms with E-state index in [0.29, 0.717) is 19.2 Å². The molecule has 110 valence electrons. The number of hydrogen-bond donors (Lipinski definition) is 0. The molecule has 0 saturated carbocycles. The van der Waals surface area contributed by atoms with Gasteiger partial charge < -0.3 is 14.9 Å². The number of imidazole rings is 1. The molecule has 1 aliphatic heterocycles. The van der Waals surface area contributed by atoms with E-state index in [-0.39, 0.29) is 5.82 Å². The molecule has 0 fully saturated rings. The third-order valence-corrected chi connectivity index (χ3v) is 4.16. The summed E-state index contributed by atoms with van der Waals surface area (Å²) >= 11 is 1.66. The van der Waals surface area contributed by atoms with Gasteiger partial charge in [-0.05, 0) is 29.0 Å². The molecule has 0 unspecified atom stereocenters. The summed E-state index contributed by atoms with van der Waals surface area (Å²) in [7, 11) is 0. The Kier molecular flexibility index (Phi) is 4.07. The van der Waals surface area contributed by atoms with E-state index in [0.717, 1.165) is 18.0 Å². The summed E-state index contributed by atoms with van der Waals surface area (Å²) in [5.74, 6) is -0.172. The third kappa shape index (κ3) is 3.34. The minimum Gasteiger partial charge on any atom is -0.444 e. The fourth-order valence-electron chi connectivity index (χ4n) is 2.04. The van der Waals surface area contributed by atoms with Crippen molar-refractivity contribution in [2.24, 2.45) is 0 Å². The molecule has 2 heterocycles. The summed E-state index contributed by atoms with van der Waals surface area (Å²) in [6.45, 7) is 2.56. The van der Waals surface area contributed by atoms with Crippen LogP contribution in [-0.2, 0) is 6.54 Å². The van der Waals surface area contributed by atoms with Crippen LogP contribution in [0.15, 0.2) is 41.4 Å². The fourth-order valence-corrected chi connectivity index (χ4v) is 2.96. The van der Waals surface area contributed by atoms with Crippen molar-refractivity contribution in [1.82, 2.24) is 13.9 Å². The van der Waals surface area contributed by atoms with Gasteiger partial charge in [-0.25, -0.2) is 4.31 Å². The second-order valence-electron chi connectivity index (χ2n) is 4.51. The molecule has 0 N–H and O–H groups in total. The van der Waals surface area contributed by atoms with Gasteiger partial charge in [-0.3, -0.25) is 4.57 Å². The summed E-state index contributed by atoms with van der Waals surface area (Å²) in [5, 5.41) is 10.8. The Morgan fingerprint density at radius 1 is 1.24 bits per heavy atom. The number of rotatable bonds is 3. The Balaban J connectivity index is 1.69. The molecule has 0 radical (unpaired) electrons. The molecule has 1 aromatic heterocycles. The van der Waals surface area contributed by atoms with Crippen LogP contribution in [0.2, 0.25) is 0 Å². The van der Waals surface area contributed by atoms with Crippen molar-refractivity contribution in [1.29, 1.82) is 0 Å². The molecule has 1 aliphatic rings. The maximum atomic E-state index is 10.8. The van der Waals surface area contributed by atoms with Gasteiger partial charge in [-0.1, -0.05) is 18.2 Å². The van der Waals surface area contributed by atoms with E-state index in [1.165, 1.54) is 6.20 Å². The predicted molar refractivity (Wildman–Crippen MR) is 78.2 cm³/mol. The number of fused-ring (bicyclic) bond motifs is 1. The first-order chi connectivity index (χ1) is 10.2. The van der Waals surface area contributed by atoms with Crippen LogP contribution in [0.4, 0.5) is 5.82 Å². The van der Waals surface area contributed by atoms with Gasteiger partial charge in [-0.15, -0.1) is 0 Å². The molecule has 21 heavy (non-hydrogen) atoms. The second-order valence-corrected chi connectivity index (χ2v) is 5.68. The molecular formula is C13H14N4O3S. The largest absolute Gasteiger partial charge is 0.444 e. The first-order valence-electron chi connectivity index (χ1n) is 6.55. The number of aromatic nitrogens is 2. The predicted octanol–water partition coefficient (Wildman–Crippen LogP) is 2.19. The van der Waals surface area contributed by atoms with Crippen LogP contribution in [-0.4, -0.2) is 38.5 Å². The normalized spacial score (nSPS) is 15.6. The lowest BCUT2D eigenvalue weighted by Crippen LogP contribution is -2.29. The van der Waals surface area contributed by atoms with Gasteiger partial charge in [0, 0.05) is 29.5 Å². The van der Waals surface area contributed by atoms with Crippen LogP contribution in [0.25, 0.3) is 0 Å². The van der Waals surface area contributed by atoms with Crippen LogP contribution in [0.5, 0.6) is 6.01 Å². The van der Waals surface area contributed by atoms with Crippen LogP contribution in [0.1, 0.15) is 0 Å². The third-order valence-electron chi connectivity index (χ3n) is 3.05. The van der Waals surface area contributed by atoms with Gasteiger partial charge in [0.25, 0.3) is 0 Å². The van der Waals surface area contributed by atoms with Crippen LogP contribution >= 0.6 is 11.9 Å². The standard InChI is InChI=1S/C13H14N4O3S/c18-17(19)12-10-15-6-7-16(8-9-20-13(15)14-12)21-11-4-2-1-3-5-11/h1-5,10H,6-9H2. The molecular weight excluding hydrogens is 292 g/mol. The zero-order valence-electron chi connectivity index (χ0n) is 11.2. The molecule has 0 atom stereocenters. The van der Waals surface area contributed by atoms with E-state index in [1.807, 2.05) is 18.2 Å². The number of nitrogens with zero attached hydrogens (tertiary/aromatic N) is 4. The van der Waals surface area contributed by atoms with Crippen LogP contribution in [0, 0.1) is 10.1 Å². The van der Waals surface area contributed by atoms with Gasteiger partial charge in [0.15, 0.2) is 0 Å². The van der Waals surface area contributed by atoms with E-state index in [9.17, 15) is 10.1 Å². The maximum Gasteiger partial charge on any atom is 0.414 e. The van der Waals surface area contributed by atoms with Crippen molar-refractivity contribution < 1.29 is 9.66 Å². The monoisotopic (exact) mass is 306 g/mol. The highest BCUT2D eigenvalue weighted by molar-refractivity contribution is 7.97. The summed E-state index contributed by atoms with van der Waals surface area (Å²) < 4.78 is 9.39. The SMILES string of the molecule is O=[N+]([O-])c1cn2c(n1)OCCN(Sc1ccccc1)CC2. The molecule has 2 aromatic rings. The fraction of sp³-hybridized carbons (Fsp3) is 0.308. The summed E-state index contributed by atoms with van der Waals surface area (Å²) in [6, 6.07) is 10.4. The Morgan fingerprint density at radius 3 is 2.81 bits per heavy atom. The van der Waals surface area contributed by atoms with Crippen molar-refractivity contribution in [3.8, 4) is 6.01 Å². The lowest BCUT2D eigenvalue weighted by atomic mass is 10.4. The minimum atomic E-state index is -0.502. The molecule has 7 nitrogen and oxygen atoms in total. The Bertz CT molecular complexity index is 632. The van der Waals surface area contributed by atoms with E-state index >= 15 is 0 Å². The van der Waals surface area contributed by atoms with Gasteiger partial charge in [0.2, 0.25) is 0 Å². The minimum absolute atomic E-state index is 0.172. The lowest BCUT2D eigenvalue weighted by Gasteiger charge is -2.23. The average Bonchev–Trinajstić information content (AvgIpc) is 2.86. The summed E-state index contributed by atoms with van der Waals surface area (Å²) in [4.78, 5) is 15.3. The molecule has 1 aromatic carbocycles. The number of ether oxygens (including phenoxy) is 1. The zero-order chi connectivity index (χ0) is 14.7. The van der Waals surface area contributed by atoms with Crippen LogP contribution < -0.4 is 4.74 Å². The van der Waals surface area contributed by atoms with E-state index in [1.54, 1.807) is 16.5 Å². The highest BCUT2D eigenvalue weighted by Gasteiger charge is 2.23. The molecule has 3 rings (SSSR count). The summed E-state index contributed by atoms with van der Waals surface area (Å²) in [6.07, 6.45) is 1.42.